The second-order valence-electron chi connectivity index (χ2n) is 5.93. The van der Waals surface area contributed by atoms with Gasteiger partial charge in [-0.2, -0.15) is 5.10 Å². The van der Waals surface area contributed by atoms with Crippen molar-refractivity contribution < 1.29 is 18.8 Å². The molecule has 0 N–H and O–H groups in total. The van der Waals surface area contributed by atoms with E-state index in [0.29, 0.717) is 13.2 Å². The second kappa shape index (κ2) is 5.22. The van der Waals surface area contributed by atoms with Gasteiger partial charge in [0.1, 0.15) is 6.61 Å². The van der Waals surface area contributed by atoms with E-state index in [-0.39, 0.29) is 17.2 Å². The van der Waals surface area contributed by atoms with Crippen LogP contribution in [0.25, 0.3) is 0 Å². The lowest BCUT2D eigenvalue weighted by molar-refractivity contribution is -0.141. The molecule has 0 atom stereocenters. The summed E-state index contributed by atoms with van der Waals surface area (Å²) in [6.07, 6.45) is 1.82. The number of hydrogen-bond donors (Lipinski definition) is 0. The van der Waals surface area contributed by atoms with Crippen LogP contribution >= 0.6 is 0 Å². The van der Waals surface area contributed by atoms with E-state index in [1.807, 2.05) is 40.0 Å². The minimum absolute atomic E-state index is 0.289. The van der Waals surface area contributed by atoms with Crippen LogP contribution in [0, 0.1) is 0 Å². The van der Waals surface area contributed by atoms with Crippen LogP contribution in [0.4, 0.5) is 0 Å². The summed E-state index contributed by atoms with van der Waals surface area (Å²) >= 11 is 0. The minimum Gasteiger partial charge on any atom is -0.464 e. The first-order valence-corrected chi connectivity index (χ1v) is 6.74. The minimum atomic E-state index is -0.463. The lowest BCUT2D eigenvalue weighted by Crippen LogP contribution is -2.41. The zero-order valence-corrected chi connectivity index (χ0v) is 12.7. The summed E-state index contributed by atoms with van der Waals surface area (Å²) in [4.78, 5) is 10.7. The molecule has 1 aromatic rings. The maximum atomic E-state index is 10.7. The molecule has 1 saturated heterocycles. The fraction of sp³-hybridized carbons (Fsp3) is 0.692. The quantitative estimate of drug-likeness (QED) is 0.601. The Labute approximate surface area is 119 Å². The Morgan fingerprint density at radius 2 is 1.95 bits per heavy atom. The van der Waals surface area contributed by atoms with Crippen molar-refractivity contribution in [2.75, 3.05) is 6.61 Å². The average molecular weight is 280 g/mol. The second-order valence-corrected chi connectivity index (χ2v) is 5.93. The van der Waals surface area contributed by atoms with Crippen molar-refractivity contribution in [2.45, 2.75) is 52.4 Å². The molecule has 0 radical (unpaired) electrons. The van der Waals surface area contributed by atoms with E-state index in [1.165, 1.54) is 6.92 Å². The van der Waals surface area contributed by atoms with Crippen molar-refractivity contribution in [1.82, 2.24) is 9.78 Å². The molecule has 6 nitrogen and oxygen atoms in total. The van der Waals surface area contributed by atoms with E-state index in [1.54, 1.807) is 4.68 Å². The molecule has 0 aromatic carbocycles. The van der Waals surface area contributed by atoms with E-state index in [2.05, 4.69) is 5.10 Å². The predicted molar refractivity (Wildman–Crippen MR) is 74.6 cm³/mol. The lowest BCUT2D eigenvalue weighted by Gasteiger charge is -2.32. The molecule has 2 rings (SSSR count). The fourth-order valence-corrected chi connectivity index (χ4v) is 1.87. The molecular formula is C13H21BN2O4. The molecule has 0 amide bonds. The van der Waals surface area contributed by atoms with Crippen LogP contribution in [0.5, 0.6) is 0 Å². The van der Waals surface area contributed by atoms with Crippen molar-refractivity contribution in [3.63, 3.8) is 0 Å². The number of carbonyl (C=O) groups is 1. The van der Waals surface area contributed by atoms with Crippen LogP contribution in [0.1, 0.15) is 34.6 Å². The van der Waals surface area contributed by atoms with Gasteiger partial charge in [-0.25, -0.2) is 0 Å². The molecule has 110 valence electrons. The van der Waals surface area contributed by atoms with Gasteiger partial charge in [0.05, 0.1) is 23.3 Å². The summed E-state index contributed by atoms with van der Waals surface area (Å²) in [5.74, 6) is -0.289. The van der Waals surface area contributed by atoms with Crippen LogP contribution in [0.15, 0.2) is 12.3 Å². The Kier molecular flexibility index (Phi) is 3.93. The van der Waals surface area contributed by atoms with Gasteiger partial charge < -0.3 is 14.0 Å². The number of nitrogens with zero attached hydrogens (tertiary/aromatic N) is 2. The monoisotopic (exact) mass is 280 g/mol. The van der Waals surface area contributed by atoms with Crippen LogP contribution in [-0.4, -0.2) is 40.7 Å². The van der Waals surface area contributed by atoms with Gasteiger partial charge in [-0.05, 0) is 33.8 Å². The summed E-state index contributed by atoms with van der Waals surface area (Å²) in [7, 11) is -0.463. The molecule has 0 spiro atoms. The first-order valence-electron chi connectivity index (χ1n) is 6.74. The van der Waals surface area contributed by atoms with Gasteiger partial charge in [0.25, 0.3) is 0 Å². The SMILES string of the molecule is CC(=O)OCCn1ccc(B2OC(C)(C)C(C)(C)O2)n1. The van der Waals surface area contributed by atoms with Gasteiger partial charge in [-0.3, -0.25) is 9.48 Å². The number of aromatic nitrogens is 2. The van der Waals surface area contributed by atoms with Crippen molar-refractivity contribution in [3.05, 3.63) is 12.3 Å². The van der Waals surface area contributed by atoms with E-state index in [0.717, 1.165) is 5.59 Å². The summed E-state index contributed by atoms with van der Waals surface area (Å²) in [6, 6.07) is 1.86. The molecule has 0 saturated carbocycles. The molecular weight excluding hydrogens is 259 g/mol. The number of carbonyl (C=O) groups excluding carboxylic acids is 1. The van der Waals surface area contributed by atoms with E-state index in [9.17, 15) is 4.79 Å². The third kappa shape index (κ3) is 3.04. The third-order valence-corrected chi connectivity index (χ3v) is 3.78. The Morgan fingerprint density at radius 3 is 2.50 bits per heavy atom. The molecule has 0 aliphatic carbocycles. The highest BCUT2D eigenvalue weighted by Crippen LogP contribution is 2.36. The fourth-order valence-electron chi connectivity index (χ4n) is 1.87. The third-order valence-electron chi connectivity index (χ3n) is 3.78. The number of hydrogen-bond acceptors (Lipinski definition) is 5. The van der Waals surface area contributed by atoms with E-state index in [4.69, 9.17) is 14.0 Å². The molecule has 0 bridgehead atoms. The number of ether oxygens (including phenoxy) is 1. The standard InChI is InChI=1S/C13H21BN2O4/c1-10(17)18-9-8-16-7-6-11(15-16)14-19-12(2,3)13(4,5)20-14/h6-7H,8-9H2,1-5H3. The van der Waals surface area contributed by atoms with Gasteiger partial charge in [0.15, 0.2) is 0 Å². The topological polar surface area (TPSA) is 62.6 Å². The molecule has 1 aliphatic rings. The zero-order chi connectivity index (χ0) is 15.0. The van der Waals surface area contributed by atoms with Crippen LogP contribution in [0.3, 0.4) is 0 Å². The highest BCUT2D eigenvalue weighted by atomic mass is 16.7. The summed E-state index contributed by atoms with van der Waals surface area (Å²) < 4.78 is 18.4. The molecule has 1 aliphatic heterocycles. The van der Waals surface area contributed by atoms with E-state index < -0.39 is 7.12 Å². The van der Waals surface area contributed by atoms with Crippen molar-refractivity contribution in [3.8, 4) is 0 Å². The van der Waals surface area contributed by atoms with Gasteiger partial charge >= 0.3 is 13.1 Å². The van der Waals surface area contributed by atoms with Crippen LogP contribution in [-0.2, 0) is 25.4 Å². The summed E-state index contributed by atoms with van der Waals surface area (Å²) in [5, 5.41) is 4.40. The Morgan fingerprint density at radius 1 is 1.35 bits per heavy atom. The number of rotatable bonds is 4. The molecule has 1 fully saturated rings. The van der Waals surface area contributed by atoms with Gasteiger partial charge in [0, 0.05) is 13.1 Å². The number of esters is 1. The smallest absolute Gasteiger partial charge is 0.464 e. The summed E-state index contributed by atoms with van der Waals surface area (Å²) in [6.45, 7) is 10.2. The molecule has 1 aromatic heterocycles. The highest BCUT2D eigenvalue weighted by Gasteiger charge is 2.52. The zero-order valence-electron chi connectivity index (χ0n) is 12.7. The lowest BCUT2D eigenvalue weighted by atomic mass is 9.85. The molecule has 2 heterocycles. The van der Waals surface area contributed by atoms with Crippen molar-refractivity contribution >= 4 is 18.7 Å². The maximum Gasteiger partial charge on any atom is 0.516 e. The van der Waals surface area contributed by atoms with Gasteiger partial charge in [-0.1, -0.05) is 0 Å². The molecule has 0 unspecified atom stereocenters. The van der Waals surface area contributed by atoms with Gasteiger partial charge in [-0.15, -0.1) is 0 Å². The Bertz CT molecular complexity index is 482. The predicted octanol–water partition coefficient (Wildman–Crippen LogP) is 0.745. The maximum absolute atomic E-state index is 10.7. The first-order chi connectivity index (χ1) is 9.21. The molecule has 7 heteroatoms. The van der Waals surface area contributed by atoms with Crippen molar-refractivity contribution in [2.24, 2.45) is 0 Å². The average Bonchev–Trinajstić information content (AvgIpc) is 2.82. The Hall–Kier alpha value is -1.34. The van der Waals surface area contributed by atoms with Crippen molar-refractivity contribution in [1.29, 1.82) is 0 Å². The molecule has 20 heavy (non-hydrogen) atoms. The Balaban J connectivity index is 1.98. The van der Waals surface area contributed by atoms with Crippen LogP contribution in [0.2, 0.25) is 0 Å². The van der Waals surface area contributed by atoms with Crippen LogP contribution < -0.4 is 5.59 Å². The first kappa shape index (κ1) is 15.1. The summed E-state index contributed by atoms with van der Waals surface area (Å²) in [5.41, 5.74) is -0.0234. The van der Waals surface area contributed by atoms with Gasteiger partial charge in [0.2, 0.25) is 0 Å². The largest absolute Gasteiger partial charge is 0.516 e. The normalized spacial score (nSPS) is 20.1. The van der Waals surface area contributed by atoms with E-state index >= 15 is 0 Å². The highest BCUT2D eigenvalue weighted by molar-refractivity contribution is 6.61.